The normalized spacial score (nSPS) is 12.5. The predicted molar refractivity (Wildman–Crippen MR) is 44.7 cm³/mol. The molecule has 0 saturated carbocycles. The van der Waals surface area contributed by atoms with Gasteiger partial charge in [0.25, 0.3) is 0 Å². The van der Waals surface area contributed by atoms with E-state index in [-0.39, 0.29) is 0 Å². The third kappa shape index (κ3) is 2.51. The van der Waals surface area contributed by atoms with Crippen LogP contribution in [0.25, 0.3) is 0 Å². The highest BCUT2D eigenvalue weighted by Crippen LogP contribution is 1.97. The Bertz CT molecular complexity index is 296. The number of hydrogen-bond acceptors (Lipinski definition) is 5. The predicted octanol–water partition coefficient (Wildman–Crippen LogP) is -1.14. The monoisotopic (exact) mass is 184 g/mol. The average Bonchev–Trinajstić information content (AvgIpc) is 2.49. The first-order valence-electron chi connectivity index (χ1n) is 3.82. The Balaban J connectivity index is 2.54. The Morgan fingerprint density at radius 2 is 2.54 bits per heavy atom. The van der Waals surface area contributed by atoms with Crippen LogP contribution in [-0.2, 0) is 23.0 Å². The van der Waals surface area contributed by atoms with Gasteiger partial charge in [-0.25, -0.2) is 0 Å². The van der Waals surface area contributed by atoms with Crippen molar-refractivity contribution in [3.05, 3.63) is 11.9 Å². The van der Waals surface area contributed by atoms with Gasteiger partial charge < -0.3 is 10.5 Å². The second-order valence-corrected chi connectivity index (χ2v) is 2.66. The van der Waals surface area contributed by atoms with Gasteiger partial charge in [-0.2, -0.15) is 15.0 Å². The number of ether oxygens (including phenoxy) is 1. The van der Waals surface area contributed by atoms with Crippen LogP contribution >= 0.6 is 0 Å². The second-order valence-electron chi connectivity index (χ2n) is 2.66. The van der Waals surface area contributed by atoms with Gasteiger partial charge in [-0.05, 0) is 0 Å². The molecule has 1 rings (SSSR count). The minimum absolute atomic E-state index is 0.348. The summed E-state index contributed by atoms with van der Waals surface area (Å²) in [7, 11) is 3.01. The minimum atomic E-state index is -0.665. The Hall–Kier alpha value is -1.43. The van der Waals surface area contributed by atoms with E-state index in [1.165, 1.54) is 11.9 Å². The minimum Gasteiger partial charge on any atom is -0.468 e. The lowest BCUT2D eigenvalue weighted by atomic mass is 10.2. The first kappa shape index (κ1) is 9.66. The molecule has 0 amide bonds. The molecule has 0 aliphatic rings. The van der Waals surface area contributed by atoms with E-state index in [2.05, 4.69) is 14.9 Å². The zero-order chi connectivity index (χ0) is 9.84. The molecule has 0 fully saturated rings. The molecule has 0 aromatic carbocycles. The summed E-state index contributed by atoms with van der Waals surface area (Å²) in [6.07, 6.45) is 1.92. The number of methoxy groups -OCH3 is 1. The molecule has 1 unspecified atom stereocenters. The standard InChI is InChI=1S/C7H12N4O2/c1-11-9-4-5(10-11)3-6(8)7(12)13-2/h4,6H,3,8H2,1-2H3. The van der Waals surface area contributed by atoms with Gasteiger partial charge in [-0.3, -0.25) is 4.79 Å². The lowest BCUT2D eigenvalue weighted by molar-refractivity contribution is -0.142. The smallest absolute Gasteiger partial charge is 0.323 e. The Morgan fingerprint density at radius 3 is 3.00 bits per heavy atom. The molecule has 1 aromatic rings. The van der Waals surface area contributed by atoms with Crippen molar-refractivity contribution in [2.24, 2.45) is 12.8 Å². The van der Waals surface area contributed by atoms with E-state index in [1.807, 2.05) is 0 Å². The Morgan fingerprint density at radius 1 is 1.85 bits per heavy atom. The van der Waals surface area contributed by atoms with Crippen LogP contribution in [0.4, 0.5) is 0 Å². The number of nitrogens with zero attached hydrogens (tertiary/aromatic N) is 3. The molecule has 1 heterocycles. The number of nitrogens with two attached hydrogens (primary N) is 1. The van der Waals surface area contributed by atoms with Gasteiger partial charge in [-0.15, -0.1) is 0 Å². The number of carbonyl (C=O) groups excluding carboxylic acids is 1. The van der Waals surface area contributed by atoms with Crippen LogP contribution in [0.1, 0.15) is 5.69 Å². The van der Waals surface area contributed by atoms with Crippen LogP contribution in [0.3, 0.4) is 0 Å². The maximum absolute atomic E-state index is 10.9. The van der Waals surface area contributed by atoms with Crippen LogP contribution in [0.15, 0.2) is 6.20 Å². The van der Waals surface area contributed by atoms with Gasteiger partial charge in [0, 0.05) is 13.5 Å². The molecule has 6 heteroatoms. The Labute approximate surface area is 75.7 Å². The highest BCUT2D eigenvalue weighted by Gasteiger charge is 2.15. The average molecular weight is 184 g/mol. The van der Waals surface area contributed by atoms with Gasteiger partial charge >= 0.3 is 5.97 Å². The molecule has 2 N–H and O–H groups in total. The van der Waals surface area contributed by atoms with Gasteiger partial charge in [-0.1, -0.05) is 0 Å². The zero-order valence-corrected chi connectivity index (χ0v) is 7.60. The highest BCUT2D eigenvalue weighted by atomic mass is 16.5. The van der Waals surface area contributed by atoms with Crippen LogP contribution in [0.5, 0.6) is 0 Å². The summed E-state index contributed by atoms with van der Waals surface area (Å²) in [6, 6.07) is -0.665. The second kappa shape index (κ2) is 3.99. The van der Waals surface area contributed by atoms with Crippen molar-refractivity contribution in [2.75, 3.05) is 7.11 Å². The van der Waals surface area contributed by atoms with E-state index < -0.39 is 12.0 Å². The maximum Gasteiger partial charge on any atom is 0.323 e. The number of rotatable bonds is 3. The number of esters is 1. The SMILES string of the molecule is COC(=O)C(N)Cc1cnn(C)n1. The molecule has 0 aliphatic heterocycles. The fourth-order valence-electron chi connectivity index (χ4n) is 0.941. The van der Waals surface area contributed by atoms with Crippen molar-refractivity contribution >= 4 is 5.97 Å². The molecular weight excluding hydrogens is 172 g/mol. The summed E-state index contributed by atoms with van der Waals surface area (Å²) in [5.41, 5.74) is 6.20. The number of carbonyl (C=O) groups is 1. The fraction of sp³-hybridized carbons (Fsp3) is 0.571. The topological polar surface area (TPSA) is 83.0 Å². The lowest BCUT2D eigenvalue weighted by Gasteiger charge is -2.05. The summed E-state index contributed by atoms with van der Waals surface area (Å²) in [6.45, 7) is 0. The number of aryl methyl sites for hydroxylation is 1. The van der Waals surface area contributed by atoms with Crippen molar-refractivity contribution in [3.63, 3.8) is 0 Å². The van der Waals surface area contributed by atoms with Crippen molar-refractivity contribution in [2.45, 2.75) is 12.5 Å². The molecule has 0 saturated heterocycles. The van der Waals surface area contributed by atoms with E-state index in [0.29, 0.717) is 12.1 Å². The summed E-state index contributed by atoms with van der Waals surface area (Å²) >= 11 is 0. The van der Waals surface area contributed by atoms with Gasteiger partial charge in [0.2, 0.25) is 0 Å². The molecule has 1 aromatic heterocycles. The van der Waals surface area contributed by atoms with Crippen LogP contribution in [-0.4, -0.2) is 34.1 Å². The maximum atomic E-state index is 10.9. The zero-order valence-electron chi connectivity index (χ0n) is 7.60. The highest BCUT2D eigenvalue weighted by molar-refractivity contribution is 5.75. The molecular formula is C7H12N4O2. The van der Waals surface area contributed by atoms with E-state index in [4.69, 9.17) is 5.73 Å². The van der Waals surface area contributed by atoms with Crippen molar-refractivity contribution < 1.29 is 9.53 Å². The van der Waals surface area contributed by atoms with Gasteiger partial charge in [0.05, 0.1) is 19.0 Å². The first-order chi connectivity index (χ1) is 6.13. The summed E-state index contributed by atoms with van der Waals surface area (Å²) in [4.78, 5) is 12.3. The largest absolute Gasteiger partial charge is 0.468 e. The summed E-state index contributed by atoms with van der Waals surface area (Å²) < 4.78 is 4.47. The van der Waals surface area contributed by atoms with E-state index in [0.717, 1.165) is 0 Å². The van der Waals surface area contributed by atoms with Gasteiger partial charge in [0.1, 0.15) is 6.04 Å². The third-order valence-corrected chi connectivity index (χ3v) is 1.58. The van der Waals surface area contributed by atoms with Crippen molar-refractivity contribution in [1.82, 2.24) is 15.0 Å². The fourth-order valence-corrected chi connectivity index (χ4v) is 0.941. The van der Waals surface area contributed by atoms with E-state index in [9.17, 15) is 4.79 Å². The summed E-state index contributed by atoms with van der Waals surface area (Å²) in [5.74, 6) is -0.439. The Kier molecular flexibility index (Phi) is 2.97. The van der Waals surface area contributed by atoms with Crippen LogP contribution in [0, 0.1) is 0 Å². The molecule has 0 radical (unpaired) electrons. The molecule has 6 nitrogen and oxygen atoms in total. The van der Waals surface area contributed by atoms with Crippen LogP contribution in [0.2, 0.25) is 0 Å². The summed E-state index contributed by atoms with van der Waals surface area (Å²) in [5, 5.41) is 7.84. The molecule has 0 spiro atoms. The molecule has 0 bridgehead atoms. The number of aromatic nitrogens is 3. The third-order valence-electron chi connectivity index (χ3n) is 1.58. The van der Waals surface area contributed by atoms with E-state index >= 15 is 0 Å². The molecule has 0 aliphatic carbocycles. The number of hydrogen-bond donors (Lipinski definition) is 1. The lowest BCUT2D eigenvalue weighted by Crippen LogP contribution is -2.33. The first-order valence-corrected chi connectivity index (χ1v) is 3.82. The van der Waals surface area contributed by atoms with E-state index in [1.54, 1.807) is 13.2 Å². The molecule has 1 atom stereocenters. The molecule has 72 valence electrons. The van der Waals surface area contributed by atoms with Crippen molar-refractivity contribution in [1.29, 1.82) is 0 Å². The molecule has 13 heavy (non-hydrogen) atoms. The van der Waals surface area contributed by atoms with Crippen molar-refractivity contribution in [3.8, 4) is 0 Å². The van der Waals surface area contributed by atoms with Crippen LogP contribution < -0.4 is 5.73 Å². The van der Waals surface area contributed by atoms with Gasteiger partial charge in [0.15, 0.2) is 0 Å². The quantitative estimate of drug-likeness (QED) is 0.600.